The maximum atomic E-state index is 12.7. The Hall–Kier alpha value is -2.63. The number of H-pyrrole nitrogens is 2. The number of nitrogens with one attached hydrogen (secondary N) is 2. The number of carbonyl (C=O) groups excluding carboxylic acids is 1. The second-order valence-corrected chi connectivity index (χ2v) is 5.70. The Morgan fingerprint density at radius 3 is 3.00 bits per heavy atom. The van der Waals surface area contributed by atoms with Gasteiger partial charge in [-0.3, -0.25) is 9.89 Å². The summed E-state index contributed by atoms with van der Waals surface area (Å²) < 4.78 is 0. The van der Waals surface area contributed by atoms with Gasteiger partial charge in [-0.05, 0) is 31.0 Å². The summed E-state index contributed by atoms with van der Waals surface area (Å²) >= 11 is 0. The fourth-order valence-corrected chi connectivity index (χ4v) is 3.11. The number of hydrogen-bond donors (Lipinski definition) is 2. The molecule has 0 unspecified atom stereocenters. The first kappa shape index (κ1) is 13.1. The van der Waals surface area contributed by atoms with E-state index in [1.807, 2.05) is 35.2 Å². The van der Waals surface area contributed by atoms with Gasteiger partial charge in [0, 0.05) is 30.9 Å². The Labute approximate surface area is 127 Å². The third kappa shape index (κ3) is 2.26. The molecule has 4 rings (SSSR count). The van der Waals surface area contributed by atoms with Crippen LogP contribution in [0.5, 0.6) is 0 Å². The molecule has 0 bridgehead atoms. The monoisotopic (exact) mass is 295 g/mol. The predicted octanol–water partition coefficient (Wildman–Crippen LogP) is 2.31. The van der Waals surface area contributed by atoms with E-state index in [1.165, 1.54) is 0 Å². The molecule has 6 nitrogen and oxygen atoms in total. The largest absolute Gasteiger partial charge is 0.335 e. The second-order valence-electron chi connectivity index (χ2n) is 5.70. The van der Waals surface area contributed by atoms with Gasteiger partial charge in [-0.1, -0.05) is 12.1 Å². The van der Waals surface area contributed by atoms with Crippen LogP contribution in [0.4, 0.5) is 0 Å². The zero-order chi connectivity index (χ0) is 14.9. The zero-order valence-corrected chi connectivity index (χ0v) is 12.1. The number of amides is 1. The number of aromatic amines is 2. The maximum absolute atomic E-state index is 12.7. The van der Waals surface area contributed by atoms with E-state index in [4.69, 9.17) is 0 Å². The van der Waals surface area contributed by atoms with Crippen LogP contribution in [0.25, 0.3) is 11.0 Å². The molecule has 0 aliphatic carbocycles. The lowest BCUT2D eigenvalue weighted by atomic mass is 9.95. The summed E-state index contributed by atoms with van der Waals surface area (Å²) in [5, 5.41) is 7.02. The van der Waals surface area contributed by atoms with Crippen LogP contribution in [0.15, 0.2) is 36.5 Å². The summed E-state index contributed by atoms with van der Waals surface area (Å²) in [5.74, 6) is 0.719. The Bertz CT molecular complexity index is 759. The van der Waals surface area contributed by atoms with Crippen LogP contribution in [0, 0.1) is 0 Å². The number of rotatable bonds is 2. The molecule has 2 N–H and O–H groups in total. The number of likely N-dealkylation sites (tertiary alicyclic amines) is 1. The molecule has 3 aromatic rings. The number of hydrogen-bond acceptors (Lipinski definition) is 3. The molecule has 0 saturated carbocycles. The second kappa shape index (κ2) is 5.29. The highest BCUT2D eigenvalue weighted by Gasteiger charge is 2.27. The molecular formula is C16H17N5O. The summed E-state index contributed by atoms with van der Waals surface area (Å²) in [7, 11) is 0. The average Bonchev–Trinajstić information content (AvgIpc) is 3.23. The summed E-state index contributed by atoms with van der Waals surface area (Å²) in [4.78, 5) is 22.1. The van der Waals surface area contributed by atoms with Gasteiger partial charge in [0.25, 0.3) is 5.91 Å². The highest BCUT2D eigenvalue weighted by atomic mass is 16.2. The number of fused-ring (bicyclic) bond motifs is 1. The van der Waals surface area contributed by atoms with Gasteiger partial charge in [-0.25, -0.2) is 4.98 Å². The number of benzene rings is 1. The van der Waals surface area contributed by atoms with Crippen molar-refractivity contribution < 1.29 is 4.79 Å². The van der Waals surface area contributed by atoms with Crippen molar-refractivity contribution in [1.82, 2.24) is 25.1 Å². The Morgan fingerprint density at radius 2 is 2.18 bits per heavy atom. The Kier molecular flexibility index (Phi) is 3.14. The Morgan fingerprint density at radius 1 is 1.27 bits per heavy atom. The lowest BCUT2D eigenvalue weighted by Crippen LogP contribution is -2.39. The maximum Gasteiger partial charge on any atom is 0.289 e. The number of piperidine rings is 1. The predicted molar refractivity (Wildman–Crippen MR) is 82.6 cm³/mol. The minimum absolute atomic E-state index is 0.0274. The van der Waals surface area contributed by atoms with Crippen LogP contribution in [0.3, 0.4) is 0 Å². The molecule has 1 fully saturated rings. The molecule has 1 aliphatic heterocycles. The summed E-state index contributed by atoms with van der Waals surface area (Å²) in [6.45, 7) is 1.48. The number of nitrogens with zero attached hydrogens (tertiary/aromatic N) is 3. The SMILES string of the molecule is O=C(c1nc2ccccc2[nH]1)N1CCC[C@H](c2ccn[nH]2)C1. The van der Waals surface area contributed by atoms with E-state index in [1.54, 1.807) is 6.20 Å². The van der Waals surface area contributed by atoms with E-state index in [9.17, 15) is 4.79 Å². The lowest BCUT2D eigenvalue weighted by molar-refractivity contribution is 0.0695. The van der Waals surface area contributed by atoms with Crippen molar-refractivity contribution >= 4 is 16.9 Å². The van der Waals surface area contributed by atoms with Crippen molar-refractivity contribution in [3.63, 3.8) is 0 Å². The van der Waals surface area contributed by atoms with Gasteiger partial charge in [0.1, 0.15) is 0 Å². The third-order valence-corrected chi connectivity index (χ3v) is 4.26. The third-order valence-electron chi connectivity index (χ3n) is 4.26. The first-order valence-electron chi connectivity index (χ1n) is 7.54. The van der Waals surface area contributed by atoms with Crippen molar-refractivity contribution in [1.29, 1.82) is 0 Å². The van der Waals surface area contributed by atoms with Crippen LogP contribution in [-0.2, 0) is 0 Å². The van der Waals surface area contributed by atoms with Crippen LogP contribution < -0.4 is 0 Å². The summed E-state index contributed by atoms with van der Waals surface area (Å²) in [6, 6.07) is 9.69. The van der Waals surface area contributed by atoms with E-state index in [0.717, 1.165) is 36.1 Å². The number of imidazole rings is 1. The molecular weight excluding hydrogens is 278 g/mol. The molecule has 6 heteroatoms. The van der Waals surface area contributed by atoms with Crippen LogP contribution in [-0.4, -0.2) is 44.1 Å². The number of aromatic nitrogens is 4. The van der Waals surface area contributed by atoms with Gasteiger partial charge in [-0.2, -0.15) is 5.10 Å². The molecule has 0 radical (unpaired) electrons. The molecule has 0 spiro atoms. The zero-order valence-electron chi connectivity index (χ0n) is 12.1. The fraction of sp³-hybridized carbons (Fsp3) is 0.312. The van der Waals surface area contributed by atoms with Crippen molar-refractivity contribution in [2.24, 2.45) is 0 Å². The van der Waals surface area contributed by atoms with Crippen LogP contribution in [0.1, 0.15) is 35.1 Å². The van der Waals surface area contributed by atoms with E-state index < -0.39 is 0 Å². The average molecular weight is 295 g/mol. The van der Waals surface area contributed by atoms with E-state index in [2.05, 4.69) is 20.2 Å². The first-order valence-corrected chi connectivity index (χ1v) is 7.54. The van der Waals surface area contributed by atoms with Gasteiger partial charge in [0.15, 0.2) is 5.82 Å². The molecule has 112 valence electrons. The van der Waals surface area contributed by atoms with Crippen molar-refractivity contribution in [2.45, 2.75) is 18.8 Å². The molecule has 22 heavy (non-hydrogen) atoms. The standard InChI is InChI=1S/C16H17N5O/c22-16(15-18-13-5-1-2-6-14(13)19-15)21-9-3-4-11(10-21)12-7-8-17-20-12/h1-2,5-8,11H,3-4,9-10H2,(H,17,20)(H,18,19)/t11-/m0/s1. The van der Waals surface area contributed by atoms with Gasteiger partial charge in [-0.15, -0.1) is 0 Å². The van der Waals surface area contributed by atoms with Gasteiger partial charge in [0.2, 0.25) is 0 Å². The molecule has 1 aliphatic rings. The number of para-hydroxylation sites is 2. The topological polar surface area (TPSA) is 77.7 Å². The van der Waals surface area contributed by atoms with Gasteiger partial charge in [0.05, 0.1) is 11.0 Å². The molecule has 1 amide bonds. The van der Waals surface area contributed by atoms with Crippen molar-refractivity contribution in [3.8, 4) is 0 Å². The van der Waals surface area contributed by atoms with Crippen LogP contribution in [0.2, 0.25) is 0 Å². The molecule has 3 heterocycles. The van der Waals surface area contributed by atoms with E-state index >= 15 is 0 Å². The van der Waals surface area contributed by atoms with Crippen LogP contribution >= 0.6 is 0 Å². The minimum Gasteiger partial charge on any atom is -0.335 e. The van der Waals surface area contributed by atoms with E-state index in [-0.39, 0.29) is 5.91 Å². The fourth-order valence-electron chi connectivity index (χ4n) is 3.11. The smallest absolute Gasteiger partial charge is 0.289 e. The number of carbonyl (C=O) groups is 1. The first-order chi connectivity index (χ1) is 10.8. The lowest BCUT2D eigenvalue weighted by Gasteiger charge is -2.31. The minimum atomic E-state index is -0.0274. The quantitative estimate of drug-likeness (QED) is 0.761. The van der Waals surface area contributed by atoms with Gasteiger partial charge < -0.3 is 9.88 Å². The van der Waals surface area contributed by atoms with Crippen molar-refractivity contribution in [3.05, 3.63) is 48.0 Å². The highest BCUT2D eigenvalue weighted by molar-refractivity contribution is 5.94. The van der Waals surface area contributed by atoms with Gasteiger partial charge >= 0.3 is 0 Å². The molecule has 2 aromatic heterocycles. The highest BCUT2D eigenvalue weighted by Crippen LogP contribution is 2.26. The normalized spacial score (nSPS) is 18.7. The summed E-state index contributed by atoms with van der Waals surface area (Å²) in [6.07, 6.45) is 3.83. The molecule has 1 aromatic carbocycles. The van der Waals surface area contributed by atoms with E-state index in [0.29, 0.717) is 18.3 Å². The Balaban J connectivity index is 1.56. The molecule has 1 atom stereocenters. The molecule has 1 saturated heterocycles. The summed E-state index contributed by atoms with van der Waals surface area (Å²) in [5.41, 5.74) is 2.82. The van der Waals surface area contributed by atoms with Crippen molar-refractivity contribution in [2.75, 3.05) is 13.1 Å².